The van der Waals surface area contributed by atoms with Gasteiger partial charge in [0.2, 0.25) is 0 Å². The summed E-state index contributed by atoms with van der Waals surface area (Å²) in [7, 11) is 0. The summed E-state index contributed by atoms with van der Waals surface area (Å²) in [5.74, 6) is 0.162. The van der Waals surface area contributed by atoms with E-state index in [0.717, 1.165) is 22.4 Å². The monoisotopic (exact) mass is 244 g/mol. The topological polar surface area (TPSA) is 34.9 Å². The Hall–Kier alpha value is -0.640. The first kappa shape index (κ1) is 10.4. The summed E-state index contributed by atoms with van der Waals surface area (Å²) in [6.45, 7) is 6.34. The highest BCUT2D eigenvalue weighted by Crippen LogP contribution is 2.21. The minimum Gasteiger partial charge on any atom is -0.300 e. The number of aryl methyl sites for hydroxylation is 2. The summed E-state index contributed by atoms with van der Waals surface area (Å²) in [4.78, 5) is 11.0. The molecular formula is C9H13BrN2O. The summed E-state index contributed by atoms with van der Waals surface area (Å²) in [6, 6.07) is 0. The standard InChI is InChI=1S/C9H13BrN2O/c1-4-12-8(5-6(2)13)9(10)7(3)11-12/h4-5H2,1-3H3. The van der Waals surface area contributed by atoms with Crippen molar-refractivity contribution < 1.29 is 4.79 Å². The fourth-order valence-corrected chi connectivity index (χ4v) is 1.70. The quantitative estimate of drug-likeness (QED) is 0.817. The lowest BCUT2D eigenvalue weighted by Gasteiger charge is -2.02. The van der Waals surface area contributed by atoms with Crippen LogP contribution in [-0.4, -0.2) is 15.6 Å². The lowest BCUT2D eigenvalue weighted by molar-refractivity contribution is -0.116. The van der Waals surface area contributed by atoms with Gasteiger partial charge >= 0.3 is 0 Å². The van der Waals surface area contributed by atoms with Crippen LogP contribution >= 0.6 is 15.9 Å². The van der Waals surface area contributed by atoms with Crippen molar-refractivity contribution in [2.24, 2.45) is 0 Å². The molecule has 0 unspecified atom stereocenters. The summed E-state index contributed by atoms with van der Waals surface area (Å²) < 4.78 is 2.82. The molecule has 0 saturated heterocycles. The number of aromatic nitrogens is 2. The van der Waals surface area contributed by atoms with Crippen LogP contribution in [0.25, 0.3) is 0 Å². The molecule has 0 bridgehead atoms. The molecule has 13 heavy (non-hydrogen) atoms. The second kappa shape index (κ2) is 4.05. The third-order valence-corrected chi connectivity index (χ3v) is 2.90. The average molecular weight is 245 g/mol. The van der Waals surface area contributed by atoms with Crippen LogP contribution in [0.15, 0.2) is 4.47 Å². The number of ketones is 1. The summed E-state index contributed by atoms with van der Waals surface area (Å²) >= 11 is 3.43. The molecule has 0 N–H and O–H groups in total. The fourth-order valence-electron chi connectivity index (χ4n) is 1.27. The predicted molar refractivity (Wildman–Crippen MR) is 54.7 cm³/mol. The van der Waals surface area contributed by atoms with Crippen molar-refractivity contribution in [3.63, 3.8) is 0 Å². The van der Waals surface area contributed by atoms with Crippen LogP contribution in [0, 0.1) is 6.92 Å². The van der Waals surface area contributed by atoms with E-state index in [4.69, 9.17) is 0 Å². The molecule has 0 amide bonds. The number of Topliss-reactive ketones (excluding diaryl/α,β-unsaturated/α-hetero) is 1. The van der Waals surface area contributed by atoms with Crippen molar-refractivity contribution in [2.45, 2.75) is 33.7 Å². The van der Waals surface area contributed by atoms with Gasteiger partial charge in [0.25, 0.3) is 0 Å². The third-order valence-electron chi connectivity index (χ3n) is 1.87. The van der Waals surface area contributed by atoms with Gasteiger partial charge in [0.05, 0.1) is 15.9 Å². The van der Waals surface area contributed by atoms with Gasteiger partial charge in [-0.25, -0.2) is 0 Å². The number of hydrogen-bond acceptors (Lipinski definition) is 2. The molecule has 72 valence electrons. The molecule has 0 aromatic carbocycles. The van der Waals surface area contributed by atoms with Crippen molar-refractivity contribution in [3.8, 4) is 0 Å². The molecule has 0 aliphatic rings. The normalized spacial score (nSPS) is 10.5. The number of carbonyl (C=O) groups is 1. The van der Waals surface area contributed by atoms with Crippen LogP contribution in [-0.2, 0) is 17.8 Å². The Morgan fingerprint density at radius 3 is 2.69 bits per heavy atom. The van der Waals surface area contributed by atoms with Gasteiger partial charge in [-0.2, -0.15) is 5.10 Å². The highest BCUT2D eigenvalue weighted by atomic mass is 79.9. The fraction of sp³-hybridized carbons (Fsp3) is 0.556. The van der Waals surface area contributed by atoms with Gasteiger partial charge in [-0.1, -0.05) is 0 Å². The SMILES string of the molecule is CCn1nc(C)c(Br)c1CC(C)=O. The molecule has 0 aliphatic heterocycles. The number of carbonyl (C=O) groups excluding carboxylic acids is 1. The van der Waals surface area contributed by atoms with E-state index in [2.05, 4.69) is 21.0 Å². The lowest BCUT2D eigenvalue weighted by atomic mass is 10.2. The zero-order valence-corrected chi connectivity index (χ0v) is 9.68. The highest BCUT2D eigenvalue weighted by molar-refractivity contribution is 9.10. The smallest absolute Gasteiger partial charge is 0.135 e. The Labute approximate surface area is 86.3 Å². The van der Waals surface area contributed by atoms with Crippen LogP contribution in [0.5, 0.6) is 0 Å². The van der Waals surface area contributed by atoms with E-state index in [1.54, 1.807) is 6.92 Å². The summed E-state index contributed by atoms with van der Waals surface area (Å²) in [6.07, 6.45) is 0.454. The molecule has 0 aliphatic carbocycles. The minimum atomic E-state index is 0.162. The second-order valence-electron chi connectivity index (χ2n) is 3.04. The zero-order valence-electron chi connectivity index (χ0n) is 8.09. The highest BCUT2D eigenvalue weighted by Gasteiger charge is 2.12. The molecule has 1 aromatic rings. The first-order valence-corrected chi connectivity index (χ1v) is 5.06. The maximum Gasteiger partial charge on any atom is 0.135 e. The van der Waals surface area contributed by atoms with Gasteiger partial charge in [-0.05, 0) is 36.7 Å². The van der Waals surface area contributed by atoms with E-state index in [9.17, 15) is 4.79 Å². The predicted octanol–water partition coefficient (Wildman–Crippen LogP) is 2.11. The molecule has 0 saturated carbocycles. The van der Waals surface area contributed by atoms with E-state index < -0.39 is 0 Å². The van der Waals surface area contributed by atoms with Gasteiger partial charge in [0.1, 0.15) is 5.78 Å². The van der Waals surface area contributed by atoms with Crippen molar-refractivity contribution >= 4 is 21.7 Å². The molecule has 1 rings (SSSR count). The molecule has 0 spiro atoms. The molecule has 1 heterocycles. The van der Waals surface area contributed by atoms with Crippen LogP contribution in [0.4, 0.5) is 0 Å². The van der Waals surface area contributed by atoms with Crippen molar-refractivity contribution in [3.05, 3.63) is 15.9 Å². The molecule has 4 heteroatoms. The van der Waals surface area contributed by atoms with Crippen molar-refractivity contribution in [2.75, 3.05) is 0 Å². The second-order valence-corrected chi connectivity index (χ2v) is 3.83. The minimum absolute atomic E-state index is 0.162. The zero-order chi connectivity index (χ0) is 10.0. The van der Waals surface area contributed by atoms with E-state index in [1.165, 1.54) is 0 Å². The lowest BCUT2D eigenvalue weighted by Crippen LogP contribution is -2.07. The molecule has 0 radical (unpaired) electrons. The van der Waals surface area contributed by atoms with Gasteiger partial charge in [0.15, 0.2) is 0 Å². The number of hydrogen-bond donors (Lipinski definition) is 0. The van der Waals surface area contributed by atoms with Crippen LogP contribution < -0.4 is 0 Å². The Bertz CT molecular complexity index is 331. The van der Waals surface area contributed by atoms with E-state index in [1.807, 2.05) is 18.5 Å². The first-order chi connectivity index (χ1) is 6.06. The van der Waals surface area contributed by atoms with Crippen LogP contribution in [0.3, 0.4) is 0 Å². The van der Waals surface area contributed by atoms with E-state index in [0.29, 0.717) is 6.42 Å². The molecule has 1 aromatic heterocycles. The average Bonchev–Trinajstić information content (AvgIpc) is 2.31. The molecular weight excluding hydrogens is 232 g/mol. The number of rotatable bonds is 3. The molecule has 0 atom stereocenters. The summed E-state index contributed by atoms with van der Waals surface area (Å²) in [5, 5.41) is 4.30. The number of halogens is 1. The Kier molecular flexibility index (Phi) is 3.25. The van der Waals surface area contributed by atoms with Gasteiger partial charge in [0, 0.05) is 13.0 Å². The molecule has 3 nitrogen and oxygen atoms in total. The van der Waals surface area contributed by atoms with E-state index in [-0.39, 0.29) is 5.78 Å². The number of nitrogens with zero attached hydrogens (tertiary/aromatic N) is 2. The van der Waals surface area contributed by atoms with Crippen LogP contribution in [0.2, 0.25) is 0 Å². The van der Waals surface area contributed by atoms with Crippen molar-refractivity contribution in [1.82, 2.24) is 9.78 Å². The largest absolute Gasteiger partial charge is 0.300 e. The van der Waals surface area contributed by atoms with Gasteiger partial charge in [-0.15, -0.1) is 0 Å². The summed E-state index contributed by atoms with van der Waals surface area (Å²) in [5.41, 5.74) is 1.92. The van der Waals surface area contributed by atoms with Gasteiger partial charge in [-0.3, -0.25) is 9.48 Å². The Morgan fingerprint density at radius 2 is 2.23 bits per heavy atom. The molecule has 0 fully saturated rings. The first-order valence-electron chi connectivity index (χ1n) is 4.27. The van der Waals surface area contributed by atoms with Crippen molar-refractivity contribution in [1.29, 1.82) is 0 Å². The maximum atomic E-state index is 11.0. The van der Waals surface area contributed by atoms with Gasteiger partial charge < -0.3 is 0 Å². The Morgan fingerprint density at radius 1 is 1.62 bits per heavy atom. The third kappa shape index (κ3) is 2.18. The van der Waals surface area contributed by atoms with E-state index >= 15 is 0 Å². The maximum absolute atomic E-state index is 11.0. The van der Waals surface area contributed by atoms with Crippen LogP contribution in [0.1, 0.15) is 25.2 Å². The Balaban J connectivity index is 3.08.